The highest BCUT2D eigenvalue weighted by Crippen LogP contribution is 2.36. The van der Waals surface area contributed by atoms with Crippen LogP contribution in [0, 0.1) is 0 Å². The predicted molar refractivity (Wildman–Crippen MR) is 96.9 cm³/mol. The average molecular weight is 362 g/mol. The van der Waals surface area contributed by atoms with Gasteiger partial charge in [0.2, 0.25) is 5.91 Å². The number of aromatic nitrogens is 2. The fraction of sp³-hybridized carbons (Fsp3) is 0.235. The second kappa shape index (κ2) is 6.83. The molecule has 1 aliphatic heterocycles. The zero-order valence-corrected chi connectivity index (χ0v) is 14.7. The molecule has 1 aromatic heterocycles. The first-order chi connectivity index (χ1) is 11.5. The minimum absolute atomic E-state index is 0.131. The molecule has 2 aromatic rings. The summed E-state index contributed by atoms with van der Waals surface area (Å²) < 4.78 is 1.75. The lowest BCUT2D eigenvalue weighted by molar-refractivity contribution is -0.116. The number of nitrogens with one attached hydrogen (secondary N) is 1. The van der Waals surface area contributed by atoms with E-state index in [1.54, 1.807) is 29.8 Å². The maximum absolute atomic E-state index is 12.6. The van der Waals surface area contributed by atoms with Gasteiger partial charge in [0, 0.05) is 30.2 Å². The van der Waals surface area contributed by atoms with Crippen molar-refractivity contribution in [2.24, 2.45) is 7.05 Å². The fourth-order valence-electron chi connectivity index (χ4n) is 2.81. The summed E-state index contributed by atoms with van der Waals surface area (Å²) >= 11 is 7.46. The number of carbonyl (C=O) groups is 1. The first kappa shape index (κ1) is 16.8. The summed E-state index contributed by atoms with van der Waals surface area (Å²) in [5.41, 5.74) is 1.02. The zero-order chi connectivity index (χ0) is 17.3. The van der Waals surface area contributed by atoms with E-state index in [2.05, 4.69) is 16.9 Å². The molecule has 1 atom stereocenters. The molecule has 7 heteroatoms. The summed E-state index contributed by atoms with van der Waals surface area (Å²) in [7, 11) is 1.79. The normalized spacial score (nSPS) is 16.4. The molecular formula is C17H16ClN3O2S. The van der Waals surface area contributed by atoms with Gasteiger partial charge in [0.25, 0.3) is 5.56 Å². The molecule has 1 aromatic carbocycles. The topological polar surface area (TPSA) is 64.0 Å². The highest BCUT2D eigenvalue weighted by atomic mass is 35.5. The van der Waals surface area contributed by atoms with Crippen LogP contribution in [0.4, 0.5) is 5.82 Å². The maximum Gasteiger partial charge on any atom is 0.279 e. The second-order valence-electron chi connectivity index (χ2n) is 5.48. The van der Waals surface area contributed by atoms with Gasteiger partial charge in [0.05, 0.1) is 5.56 Å². The van der Waals surface area contributed by atoms with Crippen molar-refractivity contribution in [2.45, 2.75) is 17.5 Å². The van der Waals surface area contributed by atoms with Gasteiger partial charge < -0.3 is 9.88 Å². The van der Waals surface area contributed by atoms with Crippen molar-refractivity contribution in [1.82, 2.24) is 9.55 Å². The van der Waals surface area contributed by atoms with Gasteiger partial charge in [0.15, 0.2) is 5.16 Å². The number of fused-ring (bicyclic) bond motifs is 1. The summed E-state index contributed by atoms with van der Waals surface area (Å²) in [6.45, 7) is 3.67. The van der Waals surface area contributed by atoms with Crippen LogP contribution in [0.3, 0.4) is 0 Å². The molecule has 5 nitrogen and oxygen atoms in total. The van der Waals surface area contributed by atoms with Crippen LogP contribution in [0.5, 0.6) is 0 Å². The molecule has 0 saturated heterocycles. The minimum atomic E-state index is -0.350. The fourth-order valence-corrected chi connectivity index (χ4v) is 3.70. The van der Waals surface area contributed by atoms with Crippen molar-refractivity contribution < 1.29 is 4.79 Å². The van der Waals surface area contributed by atoms with E-state index >= 15 is 0 Å². The lowest BCUT2D eigenvalue weighted by Crippen LogP contribution is -2.33. The van der Waals surface area contributed by atoms with Gasteiger partial charge in [-0.3, -0.25) is 9.59 Å². The molecule has 24 heavy (non-hydrogen) atoms. The Labute approximate surface area is 148 Å². The Hall–Kier alpha value is -2.05. The largest absolute Gasteiger partial charge is 0.312 e. The van der Waals surface area contributed by atoms with Gasteiger partial charge in [-0.1, -0.05) is 41.6 Å². The van der Waals surface area contributed by atoms with Crippen molar-refractivity contribution in [2.75, 3.05) is 11.1 Å². The molecule has 0 saturated carbocycles. The van der Waals surface area contributed by atoms with Gasteiger partial charge in [-0.15, -0.1) is 6.58 Å². The lowest BCUT2D eigenvalue weighted by Gasteiger charge is -2.27. The molecule has 0 unspecified atom stereocenters. The van der Waals surface area contributed by atoms with Crippen LogP contribution in [0.2, 0.25) is 5.02 Å². The number of thioether (sulfide) groups is 1. The summed E-state index contributed by atoms with van der Waals surface area (Å²) in [5.74, 6) is 0.651. The Morgan fingerprint density at radius 1 is 1.50 bits per heavy atom. The second-order valence-corrected chi connectivity index (χ2v) is 6.90. The molecule has 0 fully saturated rings. The summed E-state index contributed by atoms with van der Waals surface area (Å²) in [6.07, 6.45) is 1.94. The number of hydrogen-bond donors (Lipinski definition) is 1. The number of nitrogens with zero attached hydrogens (tertiary/aromatic N) is 2. The van der Waals surface area contributed by atoms with E-state index in [0.717, 1.165) is 5.56 Å². The van der Waals surface area contributed by atoms with Gasteiger partial charge in [-0.2, -0.15) is 4.98 Å². The van der Waals surface area contributed by atoms with Gasteiger partial charge in [0.1, 0.15) is 5.82 Å². The Morgan fingerprint density at radius 3 is 3.00 bits per heavy atom. The number of carbonyl (C=O) groups excluding carboxylic acids is 1. The SMILES string of the molecule is C=CCSc1nc(=O)c2c(n1C)NC(=O)C[C@@H]2c1cccc(Cl)c1. The summed E-state index contributed by atoms with van der Waals surface area (Å²) in [6, 6.07) is 7.24. The van der Waals surface area contributed by atoms with E-state index in [1.165, 1.54) is 11.8 Å². The van der Waals surface area contributed by atoms with Crippen LogP contribution in [-0.2, 0) is 11.8 Å². The Kier molecular flexibility index (Phi) is 4.78. The highest BCUT2D eigenvalue weighted by Gasteiger charge is 2.32. The van der Waals surface area contributed by atoms with Crippen molar-refractivity contribution in [3.8, 4) is 0 Å². The first-order valence-corrected chi connectivity index (χ1v) is 8.77. The molecule has 124 valence electrons. The van der Waals surface area contributed by atoms with Crippen molar-refractivity contribution in [1.29, 1.82) is 0 Å². The van der Waals surface area contributed by atoms with Crippen LogP contribution in [0.25, 0.3) is 0 Å². The number of rotatable bonds is 4. The molecule has 3 rings (SSSR count). The first-order valence-electron chi connectivity index (χ1n) is 7.41. The highest BCUT2D eigenvalue weighted by molar-refractivity contribution is 7.99. The third kappa shape index (κ3) is 3.12. The lowest BCUT2D eigenvalue weighted by atomic mass is 9.87. The molecule has 1 N–H and O–H groups in total. The smallest absolute Gasteiger partial charge is 0.279 e. The van der Waals surface area contributed by atoms with Crippen molar-refractivity contribution in [3.63, 3.8) is 0 Å². The van der Waals surface area contributed by atoms with E-state index in [4.69, 9.17) is 11.6 Å². The van der Waals surface area contributed by atoms with Crippen LogP contribution in [0.15, 0.2) is 46.9 Å². The van der Waals surface area contributed by atoms with Crippen LogP contribution >= 0.6 is 23.4 Å². The molecule has 1 amide bonds. The molecule has 0 bridgehead atoms. The molecule has 0 spiro atoms. The van der Waals surface area contributed by atoms with Crippen LogP contribution < -0.4 is 10.9 Å². The van der Waals surface area contributed by atoms with Crippen molar-refractivity contribution in [3.05, 3.63) is 63.4 Å². The Balaban J connectivity index is 2.16. The average Bonchev–Trinajstić information content (AvgIpc) is 2.56. The Morgan fingerprint density at radius 2 is 2.29 bits per heavy atom. The summed E-state index contributed by atoms with van der Waals surface area (Å²) in [4.78, 5) is 29.0. The van der Waals surface area contributed by atoms with Crippen molar-refractivity contribution >= 4 is 35.1 Å². The van der Waals surface area contributed by atoms with E-state index in [9.17, 15) is 9.59 Å². The number of benzene rings is 1. The minimum Gasteiger partial charge on any atom is -0.312 e. The predicted octanol–water partition coefficient (Wildman–Crippen LogP) is 3.19. The van der Waals surface area contributed by atoms with Crippen LogP contribution in [-0.4, -0.2) is 21.2 Å². The number of hydrogen-bond acceptors (Lipinski definition) is 4. The third-order valence-electron chi connectivity index (χ3n) is 3.88. The van der Waals surface area contributed by atoms with Gasteiger partial charge in [-0.25, -0.2) is 0 Å². The van der Waals surface area contributed by atoms with Crippen LogP contribution in [0.1, 0.15) is 23.5 Å². The van der Waals surface area contributed by atoms with E-state index in [1.807, 2.05) is 12.1 Å². The molecular weight excluding hydrogens is 346 g/mol. The quantitative estimate of drug-likeness (QED) is 0.516. The zero-order valence-electron chi connectivity index (χ0n) is 13.1. The number of anilines is 1. The standard InChI is InChI=1S/C17H16ClN3O2S/c1-3-7-24-17-20-16(23)14-12(10-5-4-6-11(18)8-10)9-13(22)19-15(14)21(17)2/h3-6,8,12H,1,7,9H2,2H3,(H,19,22)/t12-/m1/s1. The molecule has 0 aliphatic carbocycles. The Bertz CT molecular complexity index is 879. The summed E-state index contributed by atoms with van der Waals surface area (Å²) in [5, 5.41) is 3.93. The monoisotopic (exact) mass is 361 g/mol. The number of amides is 1. The van der Waals surface area contributed by atoms with E-state index < -0.39 is 0 Å². The molecule has 0 radical (unpaired) electrons. The van der Waals surface area contributed by atoms with Gasteiger partial charge in [-0.05, 0) is 17.7 Å². The van der Waals surface area contributed by atoms with Gasteiger partial charge >= 0.3 is 0 Å². The molecule has 2 heterocycles. The number of halogens is 1. The molecule has 1 aliphatic rings. The maximum atomic E-state index is 12.6. The third-order valence-corrected chi connectivity index (χ3v) is 5.14. The van der Waals surface area contributed by atoms with E-state index in [0.29, 0.717) is 27.3 Å². The van der Waals surface area contributed by atoms with E-state index in [-0.39, 0.29) is 23.8 Å².